The van der Waals surface area contributed by atoms with Gasteiger partial charge in [0.2, 0.25) is 0 Å². The van der Waals surface area contributed by atoms with Crippen LogP contribution < -0.4 is 0 Å². The molecule has 0 spiro atoms. The summed E-state index contributed by atoms with van der Waals surface area (Å²) < 4.78 is 27.4. The monoisotopic (exact) mass is 324 g/mol. The Labute approximate surface area is 107 Å². The van der Waals surface area contributed by atoms with E-state index in [9.17, 15) is 8.78 Å². The summed E-state index contributed by atoms with van der Waals surface area (Å²) in [6, 6.07) is 2.36. The molecule has 0 aliphatic heterocycles. The molecule has 0 aliphatic rings. The summed E-state index contributed by atoms with van der Waals surface area (Å²) in [5, 5.41) is 8.12. The summed E-state index contributed by atoms with van der Waals surface area (Å²) in [5.74, 6) is -1.18. The largest absolute Gasteiger partial charge is 0.206 e. The first-order chi connectivity index (χ1) is 7.61. The molecule has 2 rings (SSSR count). The third-order valence-electron chi connectivity index (χ3n) is 1.80. The van der Waals surface area contributed by atoms with Crippen molar-refractivity contribution in [1.29, 1.82) is 0 Å². The van der Waals surface area contributed by atoms with E-state index in [1.54, 1.807) is 0 Å². The number of rotatable bonds is 2. The first-order valence-corrected chi connectivity index (χ1v) is 6.29. The fourth-order valence-electron chi connectivity index (χ4n) is 1.16. The van der Waals surface area contributed by atoms with Crippen molar-refractivity contribution in [2.75, 3.05) is 0 Å². The summed E-state index contributed by atoms with van der Waals surface area (Å²) >= 11 is 9.62. The molecule has 0 radical (unpaired) electrons. The van der Waals surface area contributed by atoms with Gasteiger partial charge in [-0.05, 0) is 12.1 Å². The quantitative estimate of drug-likeness (QED) is 0.780. The highest BCUT2D eigenvalue weighted by atomic mass is 79.9. The number of benzene rings is 1. The van der Waals surface area contributed by atoms with Gasteiger partial charge >= 0.3 is 0 Å². The summed E-state index contributed by atoms with van der Waals surface area (Å²) in [4.78, 5) is 0. The van der Waals surface area contributed by atoms with E-state index in [1.807, 2.05) is 0 Å². The predicted octanol–water partition coefficient (Wildman–Crippen LogP) is 3.98. The molecule has 84 valence electrons. The smallest absolute Gasteiger partial charge is 0.153 e. The Bertz CT molecular complexity index is 509. The molecule has 0 saturated heterocycles. The van der Waals surface area contributed by atoms with Gasteiger partial charge in [-0.15, -0.1) is 21.8 Å². The van der Waals surface area contributed by atoms with Gasteiger partial charge < -0.3 is 0 Å². The molecule has 0 aliphatic carbocycles. The molecule has 0 N–H and O–H groups in total. The fraction of sp³-hybridized carbons (Fsp3) is 0.111. The third-order valence-corrected chi connectivity index (χ3v) is 3.61. The second kappa shape index (κ2) is 4.73. The summed E-state index contributed by atoms with van der Waals surface area (Å²) in [7, 11) is 0. The molecule has 0 fully saturated rings. The standard InChI is InChI=1S/C9H4BrClF2N2S/c10-4-1-5(12)8(6(13)2-4)9-15-14-7(3-11)16-9/h1-2H,3H2. The fourth-order valence-corrected chi connectivity index (χ4v) is 2.51. The summed E-state index contributed by atoms with van der Waals surface area (Å²) in [6.45, 7) is 0. The van der Waals surface area contributed by atoms with Crippen molar-refractivity contribution < 1.29 is 8.78 Å². The third kappa shape index (κ3) is 2.23. The molecule has 16 heavy (non-hydrogen) atoms. The van der Waals surface area contributed by atoms with Gasteiger partial charge in [0.25, 0.3) is 0 Å². The minimum Gasteiger partial charge on any atom is -0.206 e. The maximum Gasteiger partial charge on any atom is 0.153 e. The van der Waals surface area contributed by atoms with Crippen molar-refractivity contribution in [3.8, 4) is 10.6 Å². The highest BCUT2D eigenvalue weighted by molar-refractivity contribution is 9.10. The first-order valence-electron chi connectivity index (χ1n) is 4.15. The molecule has 0 unspecified atom stereocenters. The lowest BCUT2D eigenvalue weighted by Gasteiger charge is -2.01. The normalized spacial score (nSPS) is 10.8. The molecule has 0 bridgehead atoms. The van der Waals surface area contributed by atoms with Crippen molar-refractivity contribution in [3.63, 3.8) is 0 Å². The molecule has 0 atom stereocenters. The Hall–Kier alpha value is -0.590. The summed E-state index contributed by atoms with van der Waals surface area (Å²) in [6.07, 6.45) is 0. The van der Waals surface area contributed by atoms with Crippen LogP contribution >= 0.6 is 38.9 Å². The maximum absolute atomic E-state index is 13.5. The SMILES string of the molecule is Fc1cc(Br)cc(F)c1-c1nnc(CCl)s1. The summed E-state index contributed by atoms with van der Waals surface area (Å²) in [5.41, 5.74) is -0.169. The number of halogens is 4. The van der Waals surface area contributed by atoms with E-state index in [2.05, 4.69) is 26.1 Å². The molecular weight excluding hydrogens is 322 g/mol. The van der Waals surface area contributed by atoms with Gasteiger partial charge in [-0.3, -0.25) is 0 Å². The molecule has 1 heterocycles. The van der Waals surface area contributed by atoms with Crippen molar-refractivity contribution >= 4 is 38.9 Å². The molecule has 1 aromatic carbocycles. The van der Waals surface area contributed by atoms with Crippen LogP contribution in [-0.2, 0) is 5.88 Å². The van der Waals surface area contributed by atoms with E-state index in [-0.39, 0.29) is 16.5 Å². The molecule has 0 saturated carbocycles. The number of alkyl halides is 1. The van der Waals surface area contributed by atoms with Crippen LogP contribution in [0.1, 0.15) is 5.01 Å². The van der Waals surface area contributed by atoms with Gasteiger partial charge in [0.15, 0.2) is 5.01 Å². The van der Waals surface area contributed by atoms with Crippen LogP contribution in [0.25, 0.3) is 10.6 Å². The Morgan fingerprint density at radius 2 is 1.88 bits per heavy atom. The van der Waals surface area contributed by atoms with Crippen LogP contribution in [0.15, 0.2) is 16.6 Å². The van der Waals surface area contributed by atoms with E-state index in [0.29, 0.717) is 9.48 Å². The Morgan fingerprint density at radius 1 is 1.25 bits per heavy atom. The number of nitrogens with zero attached hydrogens (tertiary/aromatic N) is 2. The van der Waals surface area contributed by atoms with Crippen molar-refractivity contribution in [2.24, 2.45) is 0 Å². The second-order valence-electron chi connectivity index (χ2n) is 2.88. The molecule has 7 heteroatoms. The highest BCUT2D eigenvalue weighted by Gasteiger charge is 2.16. The van der Waals surface area contributed by atoms with Gasteiger partial charge in [-0.25, -0.2) is 8.78 Å². The van der Waals surface area contributed by atoms with E-state index in [0.717, 1.165) is 11.3 Å². The van der Waals surface area contributed by atoms with E-state index in [1.165, 1.54) is 12.1 Å². The van der Waals surface area contributed by atoms with Gasteiger partial charge in [-0.1, -0.05) is 27.3 Å². The number of hydrogen-bond donors (Lipinski definition) is 0. The van der Waals surface area contributed by atoms with Gasteiger partial charge in [0, 0.05) is 4.47 Å². The zero-order valence-electron chi connectivity index (χ0n) is 7.68. The maximum atomic E-state index is 13.5. The van der Waals surface area contributed by atoms with Crippen LogP contribution in [0.3, 0.4) is 0 Å². The van der Waals surface area contributed by atoms with Crippen molar-refractivity contribution in [2.45, 2.75) is 5.88 Å². The zero-order valence-corrected chi connectivity index (χ0v) is 10.8. The van der Waals surface area contributed by atoms with Gasteiger partial charge in [0.05, 0.1) is 11.4 Å². The van der Waals surface area contributed by atoms with E-state index in [4.69, 9.17) is 11.6 Å². The average Bonchev–Trinajstić information content (AvgIpc) is 2.64. The van der Waals surface area contributed by atoms with Crippen LogP contribution in [0.4, 0.5) is 8.78 Å². The lowest BCUT2D eigenvalue weighted by Crippen LogP contribution is -1.90. The predicted molar refractivity (Wildman–Crippen MR) is 62.5 cm³/mol. The second-order valence-corrected chi connectivity index (χ2v) is 5.12. The van der Waals surface area contributed by atoms with Crippen LogP contribution in [0.5, 0.6) is 0 Å². The molecule has 0 amide bonds. The Morgan fingerprint density at radius 3 is 2.38 bits per heavy atom. The van der Waals surface area contributed by atoms with E-state index >= 15 is 0 Å². The number of hydrogen-bond acceptors (Lipinski definition) is 3. The average molecular weight is 326 g/mol. The lowest BCUT2D eigenvalue weighted by atomic mass is 10.2. The first kappa shape index (κ1) is 11.9. The highest BCUT2D eigenvalue weighted by Crippen LogP contribution is 2.31. The molecule has 1 aromatic heterocycles. The Balaban J connectivity index is 2.55. The van der Waals surface area contributed by atoms with E-state index < -0.39 is 11.6 Å². The van der Waals surface area contributed by atoms with Crippen molar-refractivity contribution in [3.05, 3.63) is 33.2 Å². The lowest BCUT2D eigenvalue weighted by molar-refractivity contribution is 0.587. The molecule has 2 nitrogen and oxygen atoms in total. The van der Waals surface area contributed by atoms with Gasteiger partial charge in [-0.2, -0.15) is 0 Å². The number of aromatic nitrogens is 2. The molecule has 2 aromatic rings. The van der Waals surface area contributed by atoms with Crippen LogP contribution in [0, 0.1) is 11.6 Å². The zero-order chi connectivity index (χ0) is 11.7. The minimum atomic E-state index is -0.677. The topological polar surface area (TPSA) is 25.8 Å². The van der Waals surface area contributed by atoms with Crippen LogP contribution in [-0.4, -0.2) is 10.2 Å². The molecular formula is C9H4BrClF2N2S. The minimum absolute atomic E-state index is 0.169. The van der Waals surface area contributed by atoms with Crippen molar-refractivity contribution in [1.82, 2.24) is 10.2 Å². The van der Waals surface area contributed by atoms with Gasteiger partial charge in [0.1, 0.15) is 16.6 Å². The van der Waals surface area contributed by atoms with Crippen LogP contribution in [0.2, 0.25) is 0 Å². The Kier molecular flexibility index (Phi) is 3.51.